The van der Waals surface area contributed by atoms with Gasteiger partial charge in [-0.3, -0.25) is 9.59 Å². The van der Waals surface area contributed by atoms with Crippen LogP contribution in [-0.2, 0) is 17.8 Å². The van der Waals surface area contributed by atoms with Crippen molar-refractivity contribution in [2.45, 2.75) is 25.4 Å². The molecule has 2 aliphatic rings. The first kappa shape index (κ1) is 21.2. The number of nitrogens with zero attached hydrogens (tertiary/aromatic N) is 2. The van der Waals surface area contributed by atoms with Crippen LogP contribution in [0.15, 0.2) is 71.3 Å². The molecule has 6 nitrogen and oxygen atoms in total. The number of fused-ring (bicyclic) bond motifs is 1. The van der Waals surface area contributed by atoms with Crippen molar-refractivity contribution >= 4 is 17.5 Å². The van der Waals surface area contributed by atoms with Gasteiger partial charge in [0.15, 0.2) is 5.76 Å². The number of carbonyl (C=O) groups is 2. The normalized spacial score (nSPS) is 19.9. The van der Waals surface area contributed by atoms with Crippen molar-refractivity contribution in [1.29, 1.82) is 0 Å². The molecular weight excluding hydrogens is 421 g/mol. The van der Waals surface area contributed by atoms with Gasteiger partial charge in [0.2, 0.25) is 5.91 Å². The summed E-state index contributed by atoms with van der Waals surface area (Å²) < 4.78 is 18.5. The van der Waals surface area contributed by atoms with Crippen LogP contribution in [0.1, 0.15) is 28.1 Å². The molecule has 1 aromatic heterocycles. The molecule has 3 aromatic rings. The van der Waals surface area contributed by atoms with E-state index in [4.69, 9.17) is 4.42 Å². The first-order valence-corrected chi connectivity index (χ1v) is 11.3. The van der Waals surface area contributed by atoms with Crippen LogP contribution in [0.4, 0.5) is 10.1 Å². The highest BCUT2D eigenvalue weighted by atomic mass is 19.1. The van der Waals surface area contributed by atoms with E-state index in [9.17, 15) is 14.0 Å². The fourth-order valence-corrected chi connectivity index (χ4v) is 4.76. The number of hydrogen-bond acceptors (Lipinski definition) is 4. The molecule has 1 N–H and O–H groups in total. The number of carbonyl (C=O) groups excluding carboxylic acids is 2. The molecule has 2 atom stereocenters. The number of halogens is 1. The topological polar surface area (TPSA) is 65.8 Å². The third-order valence-electron chi connectivity index (χ3n) is 6.59. The van der Waals surface area contributed by atoms with Gasteiger partial charge in [0, 0.05) is 38.3 Å². The molecule has 170 valence electrons. The van der Waals surface area contributed by atoms with E-state index < -0.39 is 6.04 Å². The van der Waals surface area contributed by atoms with Crippen LogP contribution in [-0.4, -0.2) is 42.4 Å². The Bertz CT molecular complexity index is 1130. The Labute approximate surface area is 192 Å². The molecule has 2 aromatic carbocycles. The summed E-state index contributed by atoms with van der Waals surface area (Å²) in [6, 6.07) is 17.1. The average molecular weight is 448 g/mol. The molecule has 1 fully saturated rings. The fraction of sp³-hybridized carbons (Fsp3) is 0.308. The van der Waals surface area contributed by atoms with Crippen LogP contribution in [0.2, 0.25) is 0 Å². The van der Waals surface area contributed by atoms with E-state index in [0.717, 1.165) is 36.3 Å². The Morgan fingerprint density at radius 2 is 1.82 bits per heavy atom. The molecule has 33 heavy (non-hydrogen) atoms. The minimum atomic E-state index is -0.591. The molecule has 7 heteroatoms. The monoisotopic (exact) mass is 447 g/mol. The van der Waals surface area contributed by atoms with Gasteiger partial charge in [-0.05, 0) is 59.9 Å². The molecule has 2 unspecified atom stereocenters. The van der Waals surface area contributed by atoms with Gasteiger partial charge in [0.1, 0.15) is 11.9 Å². The van der Waals surface area contributed by atoms with Gasteiger partial charge in [-0.1, -0.05) is 24.3 Å². The van der Waals surface area contributed by atoms with Gasteiger partial charge in [-0.2, -0.15) is 0 Å². The lowest BCUT2D eigenvalue weighted by molar-refractivity contribution is -0.126. The van der Waals surface area contributed by atoms with E-state index in [2.05, 4.69) is 10.2 Å². The molecule has 0 bridgehead atoms. The Kier molecular flexibility index (Phi) is 5.86. The number of amides is 2. The number of hydrogen-bond donors (Lipinski definition) is 1. The van der Waals surface area contributed by atoms with Gasteiger partial charge in [-0.25, -0.2) is 4.39 Å². The lowest BCUT2D eigenvalue weighted by atomic mass is 9.93. The summed E-state index contributed by atoms with van der Waals surface area (Å²) in [5.41, 5.74) is 3.13. The molecule has 0 radical (unpaired) electrons. The van der Waals surface area contributed by atoms with Crippen molar-refractivity contribution in [3.05, 3.63) is 89.6 Å². The van der Waals surface area contributed by atoms with Crippen molar-refractivity contribution < 1.29 is 18.4 Å². The van der Waals surface area contributed by atoms with Crippen molar-refractivity contribution in [1.82, 2.24) is 10.2 Å². The highest BCUT2D eigenvalue weighted by Crippen LogP contribution is 2.26. The Balaban J connectivity index is 1.25. The molecule has 0 aliphatic carbocycles. The van der Waals surface area contributed by atoms with Crippen LogP contribution < -0.4 is 10.2 Å². The zero-order valence-electron chi connectivity index (χ0n) is 18.2. The molecule has 5 rings (SSSR count). The highest BCUT2D eigenvalue weighted by molar-refractivity contribution is 5.96. The number of nitrogens with one attached hydrogen (secondary N) is 1. The Morgan fingerprint density at radius 1 is 1.03 bits per heavy atom. The number of rotatable bonds is 5. The van der Waals surface area contributed by atoms with Crippen LogP contribution in [0.5, 0.6) is 0 Å². The zero-order chi connectivity index (χ0) is 22.8. The second-order valence-electron chi connectivity index (χ2n) is 8.72. The molecule has 2 amide bonds. The summed E-state index contributed by atoms with van der Waals surface area (Å²) in [5.74, 6) is -0.144. The third kappa shape index (κ3) is 4.49. The van der Waals surface area contributed by atoms with E-state index in [0.29, 0.717) is 25.4 Å². The summed E-state index contributed by atoms with van der Waals surface area (Å²) in [4.78, 5) is 30.2. The average Bonchev–Trinajstić information content (AvgIpc) is 3.54. The van der Waals surface area contributed by atoms with E-state index in [1.54, 1.807) is 29.2 Å². The van der Waals surface area contributed by atoms with Crippen molar-refractivity contribution in [2.75, 3.05) is 24.5 Å². The summed E-state index contributed by atoms with van der Waals surface area (Å²) in [7, 11) is 0. The Morgan fingerprint density at radius 3 is 2.58 bits per heavy atom. The molecule has 0 saturated carbocycles. The van der Waals surface area contributed by atoms with E-state index in [-0.39, 0.29) is 23.4 Å². The quantitative estimate of drug-likeness (QED) is 0.649. The lowest BCUT2D eigenvalue weighted by Crippen LogP contribution is -2.53. The third-order valence-corrected chi connectivity index (χ3v) is 6.59. The molecule has 2 aliphatic heterocycles. The van der Waals surface area contributed by atoms with Crippen LogP contribution in [0.3, 0.4) is 0 Å². The minimum absolute atomic E-state index is 0.148. The molecule has 0 spiro atoms. The largest absolute Gasteiger partial charge is 0.459 e. The van der Waals surface area contributed by atoms with Crippen LogP contribution in [0, 0.1) is 11.7 Å². The maximum Gasteiger partial charge on any atom is 0.290 e. The highest BCUT2D eigenvalue weighted by Gasteiger charge is 2.36. The van der Waals surface area contributed by atoms with Crippen LogP contribution >= 0.6 is 0 Å². The standard InChI is InChI=1S/C26H26FN3O3/c27-21-7-9-22(10-8-21)29-12-11-18(16-29)15-28-25(31)23-14-19-4-1-2-5-20(19)17-30(23)26(32)24-6-3-13-33-24/h1-10,13,18,23H,11-12,14-17H2,(H,28,31). The maximum atomic E-state index is 13.2. The Hall–Kier alpha value is -3.61. The predicted octanol–water partition coefficient (Wildman–Crippen LogP) is 3.63. The molecule has 1 saturated heterocycles. The number of benzene rings is 2. The maximum absolute atomic E-state index is 13.2. The van der Waals surface area contributed by atoms with E-state index in [1.807, 2.05) is 24.3 Å². The lowest BCUT2D eigenvalue weighted by Gasteiger charge is -2.35. The number of furan rings is 1. The predicted molar refractivity (Wildman–Crippen MR) is 122 cm³/mol. The van der Waals surface area contributed by atoms with E-state index >= 15 is 0 Å². The number of anilines is 1. The van der Waals surface area contributed by atoms with Gasteiger partial charge >= 0.3 is 0 Å². The summed E-state index contributed by atoms with van der Waals surface area (Å²) >= 11 is 0. The second-order valence-corrected chi connectivity index (χ2v) is 8.72. The first-order valence-electron chi connectivity index (χ1n) is 11.3. The minimum Gasteiger partial charge on any atom is -0.459 e. The van der Waals surface area contributed by atoms with Crippen molar-refractivity contribution in [2.24, 2.45) is 5.92 Å². The molecule has 3 heterocycles. The van der Waals surface area contributed by atoms with Gasteiger partial charge in [-0.15, -0.1) is 0 Å². The molecular formula is C26H26FN3O3. The smallest absolute Gasteiger partial charge is 0.290 e. The first-order chi connectivity index (χ1) is 16.1. The summed E-state index contributed by atoms with van der Waals surface area (Å²) in [5, 5.41) is 3.09. The summed E-state index contributed by atoms with van der Waals surface area (Å²) in [6.07, 6.45) is 2.88. The van der Waals surface area contributed by atoms with Crippen LogP contribution in [0.25, 0.3) is 0 Å². The van der Waals surface area contributed by atoms with Crippen molar-refractivity contribution in [3.8, 4) is 0 Å². The fourth-order valence-electron chi connectivity index (χ4n) is 4.76. The SMILES string of the molecule is O=C(NCC1CCN(c2ccc(F)cc2)C1)C1Cc2ccccc2CN1C(=O)c1ccco1. The zero-order valence-corrected chi connectivity index (χ0v) is 18.2. The van der Waals surface area contributed by atoms with Gasteiger partial charge < -0.3 is 19.5 Å². The van der Waals surface area contributed by atoms with Gasteiger partial charge in [0.25, 0.3) is 5.91 Å². The van der Waals surface area contributed by atoms with E-state index in [1.165, 1.54) is 18.4 Å². The summed E-state index contributed by atoms with van der Waals surface area (Å²) in [6.45, 7) is 2.58. The van der Waals surface area contributed by atoms with Crippen molar-refractivity contribution in [3.63, 3.8) is 0 Å². The second kappa shape index (κ2) is 9.10. The van der Waals surface area contributed by atoms with Gasteiger partial charge in [0.05, 0.1) is 6.26 Å².